The van der Waals surface area contributed by atoms with Crippen molar-refractivity contribution in [3.8, 4) is 0 Å². The number of pyridine rings is 2. The molecule has 0 spiro atoms. The summed E-state index contributed by atoms with van der Waals surface area (Å²) in [6.45, 7) is 0.321. The average Bonchev–Trinajstić information content (AvgIpc) is 2.78. The Kier molecular flexibility index (Phi) is 4.07. The molecule has 4 nitrogen and oxygen atoms in total. The number of aromatic nitrogens is 2. The Morgan fingerprint density at radius 3 is 2.83 bits per heavy atom. The lowest BCUT2D eigenvalue weighted by atomic mass is 9.97. The molecule has 3 atom stereocenters. The van der Waals surface area contributed by atoms with E-state index in [2.05, 4.69) is 20.2 Å². The van der Waals surface area contributed by atoms with Crippen LogP contribution >= 0.6 is 11.6 Å². The fourth-order valence-electron chi connectivity index (χ4n) is 4.20. The third-order valence-electron chi connectivity index (χ3n) is 5.14. The molecule has 23 heavy (non-hydrogen) atoms. The summed E-state index contributed by atoms with van der Waals surface area (Å²) in [4.78, 5) is 11.2. The number of alkyl halides is 1. The average molecular weight is 335 g/mol. The van der Waals surface area contributed by atoms with E-state index >= 15 is 0 Å². The van der Waals surface area contributed by atoms with E-state index in [-0.39, 0.29) is 6.67 Å². The number of hydrogen-bond acceptors (Lipinski definition) is 4. The molecule has 2 aromatic heterocycles. The molecule has 2 fully saturated rings. The molecule has 122 valence electrons. The van der Waals surface area contributed by atoms with Crippen molar-refractivity contribution in [1.29, 1.82) is 0 Å². The van der Waals surface area contributed by atoms with Gasteiger partial charge < -0.3 is 5.32 Å². The number of rotatable bonds is 4. The Morgan fingerprint density at radius 1 is 1.30 bits per heavy atom. The molecule has 1 N–H and O–H groups in total. The lowest BCUT2D eigenvalue weighted by Crippen LogP contribution is -2.47. The lowest BCUT2D eigenvalue weighted by Gasteiger charge is -2.39. The highest BCUT2D eigenvalue weighted by Gasteiger charge is 2.40. The molecule has 0 aliphatic carbocycles. The van der Waals surface area contributed by atoms with Gasteiger partial charge in [-0.25, -0.2) is 9.37 Å². The summed E-state index contributed by atoms with van der Waals surface area (Å²) in [6.07, 6.45) is 6.18. The quantitative estimate of drug-likeness (QED) is 0.866. The molecule has 2 aliphatic rings. The highest BCUT2D eigenvalue weighted by Crippen LogP contribution is 2.37. The highest BCUT2D eigenvalue weighted by atomic mass is 35.5. The van der Waals surface area contributed by atoms with E-state index in [0.29, 0.717) is 29.8 Å². The highest BCUT2D eigenvalue weighted by molar-refractivity contribution is 6.30. The van der Waals surface area contributed by atoms with E-state index in [4.69, 9.17) is 11.6 Å². The molecule has 0 amide bonds. The fourth-order valence-corrected chi connectivity index (χ4v) is 4.39. The van der Waals surface area contributed by atoms with Crippen LogP contribution in [0.5, 0.6) is 0 Å². The van der Waals surface area contributed by atoms with Gasteiger partial charge in [-0.2, -0.15) is 0 Å². The predicted octanol–water partition coefficient (Wildman–Crippen LogP) is 3.66. The maximum absolute atomic E-state index is 12.7. The molecule has 4 rings (SSSR count). The molecule has 4 heterocycles. The van der Waals surface area contributed by atoms with Gasteiger partial charge in [0.2, 0.25) is 0 Å². The van der Waals surface area contributed by atoms with Crippen molar-refractivity contribution < 1.29 is 4.39 Å². The summed E-state index contributed by atoms with van der Waals surface area (Å²) >= 11 is 6.13. The van der Waals surface area contributed by atoms with Crippen molar-refractivity contribution in [3.63, 3.8) is 0 Å². The van der Waals surface area contributed by atoms with Crippen LogP contribution in [-0.4, -0.2) is 46.2 Å². The van der Waals surface area contributed by atoms with Crippen LogP contribution in [0.4, 0.5) is 10.2 Å². The van der Waals surface area contributed by atoms with E-state index in [0.717, 1.165) is 29.6 Å². The van der Waals surface area contributed by atoms with Crippen molar-refractivity contribution >= 4 is 28.3 Å². The van der Waals surface area contributed by atoms with Crippen molar-refractivity contribution in [2.45, 2.75) is 43.8 Å². The zero-order valence-electron chi connectivity index (χ0n) is 12.9. The first-order valence-corrected chi connectivity index (χ1v) is 8.62. The van der Waals surface area contributed by atoms with E-state index < -0.39 is 0 Å². The minimum Gasteiger partial charge on any atom is -0.367 e. The van der Waals surface area contributed by atoms with Crippen molar-refractivity contribution in [2.75, 3.05) is 18.5 Å². The maximum atomic E-state index is 12.7. The Labute approximate surface area is 140 Å². The fraction of sp³-hybridized carbons (Fsp3) is 0.529. The van der Waals surface area contributed by atoms with Crippen LogP contribution < -0.4 is 5.32 Å². The van der Waals surface area contributed by atoms with Gasteiger partial charge in [0.05, 0.1) is 5.52 Å². The van der Waals surface area contributed by atoms with Crippen LogP contribution in [-0.2, 0) is 0 Å². The number of nitrogens with one attached hydrogen (secondary N) is 1. The first-order chi connectivity index (χ1) is 11.2. The normalized spacial score (nSPS) is 27.5. The number of fused-ring (bicyclic) bond motifs is 3. The summed E-state index contributed by atoms with van der Waals surface area (Å²) in [7, 11) is 0. The SMILES string of the molecule is FCCN1[C@@H]2CC[C@H]1CC(Nc1nc(Cl)cc3ncccc13)C2. The van der Waals surface area contributed by atoms with Gasteiger partial charge in [-0.3, -0.25) is 9.88 Å². The number of piperidine rings is 1. The van der Waals surface area contributed by atoms with Gasteiger partial charge >= 0.3 is 0 Å². The Morgan fingerprint density at radius 2 is 2.09 bits per heavy atom. The first-order valence-electron chi connectivity index (χ1n) is 8.24. The molecule has 2 aliphatic heterocycles. The number of nitrogens with zero attached hydrogens (tertiary/aromatic N) is 3. The summed E-state index contributed by atoms with van der Waals surface area (Å²) in [5.74, 6) is 0.809. The van der Waals surface area contributed by atoms with Crippen LogP contribution in [0.3, 0.4) is 0 Å². The van der Waals surface area contributed by atoms with E-state index in [1.54, 1.807) is 12.3 Å². The van der Waals surface area contributed by atoms with Gasteiger partial charge in [-0.1, -0.05) is 11.6 Å². The van der Waals surface area contributed by atoms with E-state index in [9.17, 15) is 4.39 Å². The lowest BCUT2D eigenvalue weighted by molar-refractivity contribution is 0.123. The monoisotopic (exact) mass is 334 g/mol. The van der Waals surface area contributed by atoms with Crippen LogP contribution in [0, 0.1) is 0 Å². The van der Waals surface area contributed by atoms with Crippen LogP contribution in [0.1, 0.15) is 25.7 Å². The van der Waals surface area contributed by atoms with E-state index in [1.807, 2.05) is 12.1 Å². The summed E-state index contributed by atoms with van der Waals surface area (Å²) in [5.41, 5.74) is 0.854. The molecule has 2 bridgehead atoms. The van der Waals surface area contributed by atoms with Crippen LogP contribution in [0.15, 0.2) is 24.4 Å². The molecule has 0 aromatic carbocycles. The number of anilines is 1. The van der Waals surface area contributed by atoms with Crippen LogP contribution in [0.25, 0.3) is 10.9 Å². The molecule has 6 heteroatoms. The molecule has 1 unspecified atom stereocenters. The minimum absolute atomic E-state index is 0.253. The summed E-state index contributed by atoms with van der Waals surface area (Å²) in [6, 6.07) is 7.06. The molecule has 2 aromatic rings. The van der Waals surface area contributed by atoms with E-state index in [1.165, 1.54) is 12.8 Å². The van der Waals surface area contributed by atoms with Crippen molar-refractivity contribution in [3.05, 3.63) is 29.5 Å². The third kappa shape index (κ3) is 2.88. The largest absolute Gasteiger partial charge is 0.367 e. The maximum Gasteiger partial charge on any atom is 0.137 e. The van der Waals surface area contributed by atoms with Gasteiger partial charge in [-0.15, -0.1) is 0 Å². The van der Waals surface area contributed by atoms with Crippen molar-refractivity contribution in [2.24, 2.45) is 0 Å². The topological polar surface area (TPSA) is 41.0 Å². The predicted molar refractivity (Wildman–Crippen MR) is 90.7 cm³/mol. The minimum atomic E-state index is -0.253. The number of hydrogen-bond donors (Lipinski definition) is 1. The van der Waals surface area contributed by atoms with Crippen LogP contribution in [0.2, 0.25) is 5.15 Å². The standard InChI is InChI=1S/C17H20ClFN4/c18-16-10-15-14(2-1-6-20-15)17(22-16)21-11-8-12-3-4-13(9-11)23(12)7-5-19/h1-2,6,10-13H,3-5,7-9H2,(H,21,22)/t11?,12-,13+. The molecular formula is C17H20ClFN4. The second-order valence-corrected chi connectivity index (χ2v) is 6.88. The third-order valence-corrected chi connectivity index (χ3v) is 5.33. The first kappa shape index (κ1) is 15.1. The van der Waals surface area contributed by atoms with Gasteiger partial charge in [0.25, 0.3) is 0 Å². The molecule has 0 radical (unpaired) electrons. The second-order valence-electron chi connectivity index (χ2n) is 6.49. The van der Waals surface area contributed by atoms with Gasteiger partial charge in [0.15, 0.2) is 0 Å². The Balaban J connectivity index is 1.56. The molecular weight excluding hydrogens is 315 g/mol. The van der Waals surface area contributed by atoms with Gasteiger partial charge in [0.1, 0.15) is 17.6 Å². The van der Waals surface area contributed by atoms with Gasteiger partial charge in [0, 0.05) is 42.3 Å². The molecule has 0 saturated carbocycles. The molecule has 2 saturated heterocycles. The summed E-state index contributed by atoms with van der Waals surface area (Å²) < 4.78 is 12.7. The Bertz CT molecular complexity index is 696. The number of halogens is 2. The van der Waals surface area contributed by atoms with Crippen molar-refractivity contribution in [1.82, 2.24) is 14.9 Å². The zero-order valence-corrected chi connectivity index (χ0v) is 13.6. The second kappa shape index (κ2) is 6.21. The summed E-state index contributed by atoms with van der Waals surface area (Å²) in [5, 5.41) is 5.02. The smallest absolute Gasteiger partial charge is 0.137 e. The zero-order chi connectivity index (χ0) is 15.8. The Hall–Kier alpha value is -1.46. The van der Waals surface area contributed by atoms with Gasteiger partial charge in [-0.05, 0) is 37.8 Å².